The number of rotatable bonds is 2. The van der Waals surface area contributed by atoms with E-state index in [4.69, 9.17) is 0 Å². The zero-order chi connectivity index (χ0) is 7.28. The summed E-state index contributed by atoms with van der Waals surface area (Å²) in [7, 11) is 3.24. The minimum atomic E-state index is -0.361. The Bertz CT molecular complexity index is 95.0. The lowest BCUT2D eigenvalue weighted by Crippen LogP contribution is -2.37. The molecule has 0 aliphatic heterocycles. The van der Waals surface area contributed by atoms with Crippen molar-refractivity contribution in [2.75, 3.05) is 20.7 Å². The molecule has 0 saturated heterocycles. The van der Waals surface area contributed by atoms with E-state index in [0.717, 1.165) is 0 Å². The Balaban J connectivity index is 3.46. The topological polar surface area (TPSA) is 41.6 Å². The Labute approximate surface area is 54.8 Å². The fourth-order valence-electron chi connectivity index (χ4n) is 0.312. The maximum Gasteiger partial charge on any atom is 0.423 e. The molecule has 0 bridgehead atoms. The van der Waals surface area contributed by atoms with Crippen LogP contribution in [0.1, 0.15) is 6.92 Å². The van der Waals surface area contributed by atoms with Crippen molar-refractivity contribution in [1.82, 2.24) is 10.4 Å². The monoisotopic (exact) mass is 132 g/mol. The SMILES string of the molecule is CCOC(=O)N(C)NC. The molecule has 9 heavy (non-hydrogen) atoms. The zero-order valence-electron chi connectivity index (χ0n) is 5.97. The molecular formula is C5H12N2O2. The summed E-state index contributed by atoms with van der Waals surface area (Å²) in [5.74, 6) is 0. The van der Waals surface area contributed by atoms with Crippen molar-refractivity contribution in [3.05, 3.63) is 0 Å². The minimum absolute atomic E-state index is 0.361. The molecule has 4 nitrogen and oxygen atoms in total. The average Bonchev–Trinajstić information content (AvgIpc) is 1.87. The van der Waals surface area contributed by atoms with Crippen LogP contribution < -0.4 is 5.43 Å². The smallest absolute Gasteiger partial charge is 0.423 e. The molecule has 0 heterocycles. The van der Waals surface area contributed by atoms with Gasteiger partial charge in [-0.1, -0.05) is 0 Å². The van der Waals surface area contributed by atoms with Gasteiger partial charge in [0.2, 0.25) is 0 Å². The number of hydrogen-bond acceptors (Lipinski definition) is 3. The van der Waals surface area contributed by atoms with Crippen molar-refractivity contribution >= 4 is 6.09 Å². The van der Waals surface area contributed by atoms with Crippen molar-refractivity contribution in [3.8, 4) is 0 Å². The lowest BCUT2D eigenvalue weighted by atomic mass is 10.8. The molecule has 0 spiro atoms. The molecule has 0 aromatic carbocycles. The van der Waals surface area contributed by atoms with Crippen LogP contribution in [-0.4, -0.2) is 31.8 Å². The molecule has 0 radical (unpaired) electrons. The van der Waals surface area contributed by atoms with Gasteiger partial charge in [-0.3, -0.25) is 0 Å². The van der Waals surface area contributed by atoms with Gasteiger partial charge < -0.3 is 4.74 Å². The second-order valence-electron chi connectivity index (χ2n) is 1.48. The predicted octanol–water partition coefficient (Wildman–Crippen LogP) is 0.209. The van der Waals surface area contributed by atoms with Gasteiger partial charge in [-0.05, 0) is 6.92 Å². The first-order valence-corrected chi connectivity index (χ1v) is 2.80. The summed E-state index contributed by atoms with van der Waals surface area (Å²) in [5.41, 5.74) is 2.61. The molecule has 4 heteroatoms. The van der Waals surface area contributed by atoms with E-state index in [-0.39, 0.29) is 6.09 Å². The third-order valence-corrected chi connectivity index (χ3v) is 0.877. The van der Waals surface area contributed by atoms with Crippen LogP contribution in [0.2, 0.25) is 0 Å². The fraction of sp³-hybridized carbons (Fsp3) is 0.800. The highest BCUT2D eigenvalue weighted by Gasteiger charge is 2.03. The largest absolute Gasteiger partial charge is 0.449 e. The van der Waals surface area contributed by atoms with Gasteiger partial charge in [0.05, 0.1) is 6.61 Å². The molecule has 1 amide bonds. The summed E-state index contributed by atoms with van der Waals surface area (Å²) < 4.78 is 4.62. The molecule has 0 unspecified atom stereocenters. The third kappa shape index (κ3) is 2.92. The van der Waals surface area contributed by atoms with Crippen molar-refractivity contribution in [3.63, 3.8) is 0 Å². The van der Waals surface area contributed by atoms with E-state index >= 15 is 0 Å². The normalized spacial score (nSPS) is 8.78. The summed E-state index contributed by atoms with van der Waals surface area (Å²) in [4.78, 5) is 10.6. The second kappa shape index (κ2) is 4.14. The molecule has 0 aromatic rings. The number of hydrogen-bond donors (Lipinski definition) is 1. The second-order valence-corrected chi connectivity index (χ2v) is 1.48. The molecule has 0 fully saturated rings. The maximum atomic E-state index is 10.6. The molecule has 0 atom stereocenters. The van der Waals surface area contributed by atoms with Gasteiger partial charge in [0.15, 0.2) is 0 Å². The van der Waals surface area contributed by atoms with Gasteiger partial charge in [-0.2, -0.15) is 0 Å². The third-order valence-electron chi connectivity index (χ3n) is 0.877. The average molecular weight is 132 g/mol. The summed E-state index contributed by atoms with van der Waals surface area (Å²) >= 11 is 0. The van der Waals surface area contributed by atoms with E-state index in [1.54, 1.807) is 21.0 Å². The van der Waals surface area contributed by atoms with E-state index in [1.165, 1.54) is 5.01 Å². The summed E-state index contributed by atoms with van der Waals surface area (Å²) in [6.07, 6.45) is -0.361. The van der Waals surface area contributed by atoms with E-state index < -0.39 is 0 Å². The molecule has 0 saturated carbocycles. The van der Waals surface area contributed by atoms with Crippen LogP contribution in [0.4, 0.5) is 4.79 Å². The van der Waals surface area contributed by atoms with Crippen LogP contribution >= 0.6 is 0 Å². The maximum absolute atomic E-state index is 10.6. The lowest BCUT2D eigenvalue weighted by molar-refractivity contribution is 0.103. The van der Waals surface area contributed by atoms with E-state index in [9.17, 15) is 4.79 Å². The Morgan fingerprint density at radius 3 is 2.67 bits per heavy atom. The van der Waals surface area contributed by atoms with Crippen LogP contribution in [0.5, 0.6) is 0 Å². The van der Waals surface area contributed by atoms with Crippen LogP contribution in [0, 0.1) is 0 Å². The van der Waals surface area contributed by atoms with E-state index in [2.05, 4.69) is 10.2 Å². The zero-order valence-corrected chi connectivity index (χ0v) is 5.97. The number of carbonyl (C=O) groups is 1. The molecule has 0 aromatic heterocycles. The molecule has 1 N–H and O–H groups in total. The van der Waals surface area contributed by atoms with E-state index in [1.807, 2.05) is 0 Å². The quantitative estimate of drug-likeness (QED) is 0.546. The van der Waals surface area contributed by atoms with Crippen LogP contribution in [-0.2, 0) is 4.74 Å². The standard InChI is InChI=1S/C5H12N2O2/c1-4-9-5(8)7(3)6-2/h6H,4H2,1-3H3. The number of nitrogens with one attached hydrogen (secondary N) is 1. The van der Waals surface area contributed by atoms with Gasteiger partial charge >= 0.3 is 6.09 Å². The molecule has 0 aliphatic carbocycles. The first-order valence-electron chi connectivity index (χ1n) is 2.80. The van der Waals surface area contributed by atoms with E-state index in [0.29, 0.717) is 6.61 Å². The summed E-state index contributed by atoms with van der Waals surface area (Å²) in [6.45, 7) is 2.17. The highest BCUT2D eigenvalue weighted by atomic mass is 16.6. The summed E-state index contributed by atoms with van der Waals surface area (Å²) in [5, 5.41) is 1.27. The highest BCUT2D eigenvalue weighted by molar-refractivity contribution is 5.66. The minimum Gasteiger partial charge on any atom is -0.449 e. The molecule has 0 rings (SSSR count). The van der Waals surface area contributed by atoms with Gasteiger partial charge in [0.1, 0.15) is 0 Å². The summed E-state index contributed by atoms with van der Waals surface area (Å²) in [6, 6.07) is 0. The molecule has 54 valence electrons. The van der Waals surface area contributed by atoms with Crippen LogP contribution in [0.15, 0.2) is 0 Å². The Morgan fingerprint density at radius 1 is 1.78 bits per heavy atom. The van der Waals surface area contributed by atoms with Crippen LogP contribution in [0.3, 0.4) is 0 Å². The highest BCUT2D eigenvalue weighted by Crippen LogP contribution is 1.82. The van der Waals surface area contributed by atoms with Gasteiger partial charge in [0, 0.05) is 14.1 Å². The lowest BCUT2D eigenvalue weighted by Gasteiger charge is -2.13. The number of hydrazine groups is 1. The predicted molar refractivity (Wildman–Crippen MR) is 33.8 cm³/mol. The Kier molecular flexibility index (Phi) is 3.79. The first kappa shape index (κ1) is 8.23. The molecule has 0 aliphatic rings. The van der Waals surface area contributed by atoms with Gasteiger partial charge in [-0.25, -0.2) is 15.2 Å². The van der Waals surface area contributed by atoms with Crippen LogP contribution in [0.25, 0.3) is 0 Å². The Morgan fingerprint density at radius 2 is 2.33 bits per heavy atom. The van der Waals surface area contributed by atoms with Crippen molar-refractivity contribution in [1.29, 1.82) is 0 Å². The van der Waals surface area contributed by atoms with Crippen molar-refractivity contribution < 1.29 is 9.53 Å². The van der Waals surface area contributed by atoms with Crippen molar-refractivity contribution in [2.45, 2.75) is 6.92 Å². The Hall–Kier alpha value is -0.770. The van der Waals surface area contributed by atoms with Gasteiger partial charge in [-0.15, -0.1) is 0 Å². The number of nitrogens with zero attached hydrogens (tertiary/aromatic N) is 1. The molecular weight excluding hydrogens is 120 g/mol. The fourth-order valence-corrected chi connectivity index (χ4v) is 0.312. The number of ether oxygens (including phenoxy) is 1. The van der Waals surface area contributed by atoms with Gasteiger partial charge in [0.25, 0.3) is 0 Å². The number of amides is 1. The first-order chi connectivity index (χ1) is 4.22. The van der Waals surface area contributed by atoms with Crippen molar-refractivity contribution in [2.24, 2.45) is 0 Å². The number of carbonyl (C=O) groups excluding carboxylic acids is 1.